The van der Waals surface area contributed by atoms with Crippen LogP contribution in [0.2, 0.25) is 0 Å². The van der Waals surface area contributed by atoms with Gasteiger partial charge in [0.1, 0.15) is 5.75 Å². The van der Waals surface area contributed by atoms with E-state index in [2.05, 4.69) is 0 Å². The highest BCUT2D eigenvalue weighted by atomic mass is 19.1. The minimum absolute atomic E-state index is 0.173. The van der Waals surface area contributed by atoms with E-state index in [1.165, 1.54) is 13.0 Å². The predicted molar refractivity (Wildman–Crippen MR) is 34.5 cm³/mol. The molecule has 1 rings (SSSR count). The largest absolute Gasteiger partial charge is 0.508 e. The monoisotopic (exact) mass is 142 g/mol. The Bertz CT molecular complexity index is 235. The Morgan fingerprint density at radius 1 is 1.30 bits per heavy atom. The fourth-order valence-electron chi connectivity index (χ4n) is 0.718. The Morgan fingerprint density at radius 2 is 1.90 bits per heavy atom. The van der Waals surface area contributed by atoms with Gasteiger partial charge in [-0.15, -0.1) is 0 Å². The number of phenols is 2. The van der Waals surface area contributed by atoms with Crippen LogP contribution in [0.3, 0.4) is 0 Å². The number of aromatic hydroxyl groups is 2. The zero-order valence-electron chi connectivity index (χ0n) is 5.43. The summed E-state index contributed by atoms with van der Waals surface area (Å²) in [5, 5.41) is 17.6. The molecule has 54 valence electrons. The molecule has 2 nitrogen and oxygen atoms in total. The van der Waals surface area contributed by atoms with E-state index in [9.17, 15) is 4.39 Å². The van der Waals surface area contributed by atoms with Gasteiger partial charge in [0, 0.05) is 6.07 Å². The molecule has 0 amide bonds. The van der Waals surface area contributed by atoms with E-state index in [0.717, 1.165) is 6.07 Å². The van der Waals surface area contributed by atoms with Crippen molar-refractivity contribution in [3.8, 4) is 11.5 Å². The average molecular weight is 142 g/mol. The minimum atomic E-state index is -0.794. The molecular weight excluding hydrogens is 135 g/mol. The number of rotatable bonds is 0. The SMILES string of the molecule is Cc1cc(O)cc(F)c1O. The van der Waals surface area contributed by atoms with Gasteiger partial charge in [0.25, 0.3) is 0 Å². The van der Waals surface area contributed by atoms with Gasteiger partial charge < -0.3 is 10.2 Å². The van der Waals surface area contributed by atoms with Crippen molar-refractivity contribution in [3.05, 3.63) is 23.5 Å². The molecule has 1 aromatic carbocycles. The lowest BCUT2D eigenvalue weighted by molar-refractivity contribution is 0.417. The van der Waals surface area contributed by atoms with Gasteiger partial charge >= 0.3 is 0 Å². The predicted octanol–water partition coefficient (Wildman–Crippen LogP) is 1.55. The van der Waals surface area contributed by atoms with Crippen LogP contribution in [-0.2, 0) is 0 Å². The Hall–Kier alpha value is -1.25. The van der Waals surface area contributed by atoms with Crippen LogP contribution < -0.4 is 0 Å². The van der Waals surface area contributed by atoms with Crippen LogP contribution in [0.5, 0.6) is 11.5 Å². The summed E-state index contributed by atoms with van der Waals surface area (Å²) in [5.41, 5.74) is 0.331. The second kappa shape index (κ2) is 2.17. The summed E-state index contributed by atoms with van der Waals surface area (Å²) in [7, 11) is 0. The summed E-state index contributed by atoms with van der Waals surface area (Å²) >= 11 is 0. The molecule has 0 aliphatic heterocycles. The van der Waals surface area contributed by atoms with Crippen LogP contribution in [0.4, 0.5) is 4.39 Å². The van der Waals surface area contributed by atoms with Crippen molar-refractivity contribution in [1.82, 2.24) is 0 Å². The molecule has 0 atom stereocenters. The number of phenolic OH excluding ortho intramolecular Hbond substituents is 2. The van der Waals surface area contributed by atoms with Crippen LogP contribution in [0, 0.1) is 12.7 Å². The molecule has 0 aliphatic carbocycles. The molecule has 0 unspecified atom stereocenters. The van der Waals surface area contributed by atoms with E-state index in [4.69, 9.17) is 10.2 Å². The topological polar surface area (TPSA) is 40.5 Å². The van der Waals surface area contributed by atoms with Crippen LogP contribution in [0.25, 0.3) is 0 Å². The molecule has 0 fully saturated rings. The highest BCUT2D eigenvalue weighted by Gasteiger charge is 2.04. The molecule has 0 heterocycles. The van der Waals surface area contributed by atoms with E-state index in [-0.39, 0.29) is 5.75 Å². The maximum atomic E-state index is 12.4. The Labute approximate surface area is 57.6 Å². The zero-order valence-corrected chi connectivity index (χ0v) is 5.43. The van der Waals surface area contributed by atoms with Gasteiger partial charge in [0.2, 0.25) is 0 Å². The number of aryl methyl sites for hydroxylation is 1. The van der Waals surface area contributed by atoms with Gasteiger partial charge in [0.05, 0.1) is 0 Å². The molecular formula is C7H7FO2. The highest BCUT2D eigenvalue weighted by molar-refractivity contribution is 5.38. The van der Waals surface area contributed by atoms with Gasteiger partial charge in [-0.25, -0.2) is 4.39 Å². The van der Waals surface area contributed by atoms with Gasteiger partial charge in [-0.3, -0.25) is 0 Å². The van der Waals surface area contributed by atoms with Gasteiger partial charge in [0.15, 0.2) is 11.6 Å². The van der Waals surface area contributed by atoms with E-state index < -0.39 is 11.6 Å². The summed E-state index contributed by atoms with van der Waals surface area (Å²) in [6.07, 6.45) is 0. The third kappa shape index (κ3) is 1.03. The first-order valence-corrected chi connectivity index (χ1v) is 2.79. The summed E-state index contributed by atoms with van der Waals surface area (Å²) in [6, 6.07) is 2.15. The van der Waals surface area contributed by atoms with E-state index >= 15 is 0 Å². The number of hydrogen-bond acceptors (Lipinski definition) is 2. The zero-order chi connectivity index (χ0) is 7.72. The first-order chi connectivity index (χ1) is 4.61. The third-order valence-corrected chi connectivity index (χ3v) is 1.24. The minimum Gasteiger partial charge on any atom is -0.508 e. The first kappa shape index (κ1) is 6.86. The smallest absolute Gasteiger partial charge is 0.168 e. The standard InChI is InChI=1S/C7H7FO2/c1-4-2-5(9)3-6(8)7(4)10/h2-3,9-10H,1H3. The van der Waals surface area contributed by atoms with E-state index in [0.29, 0.717) is 5.56 Å². The highest BCUT2D eigenvalue weighted by Crippen LogP contribution is 2.24. The quantitative estimate of drug-likeness (QED) is 0.539. The molecule has 0 spiro atoms. The van der Waals surface area contributed by atoms with Gasteiger partial charge in [-0.05, 0) is 18.6 Å². The Balaban J connectivity index is 3.31. The van der Waals surface area contributed by atoms with Crippen LogP contribution in [0.1, 0.15) is 5.56 Å². The average Bonchev–Trinajstić information content (AvgIpc) is 1.82. The van der Waals surface area contributed by atoms with Crippen LogP contribution >= 0.6 is 0 Å². The molecule has 1 aromatic rings. The lowest BCUT2D eigenvalue weighted by Gasteiger charge is -1.99. The van der Waals surface area contributed by atoms with Crippen LogP contribution in [0.15, 0.2) is 12.1 Å². The molecule has 10 heavy (non-hydrogen) atoms. The van der Waals surface area contributed by atoms with Crippen molar-refractivity contribution >= 4 is 0 Å². The normalized spacial score (nSPS) is 9.80. The third-order valence-electron chi connectivity index (χ3n) is 1.24. The lowest BCUT2D eigenvalue weighted by atomic mass is 10.2. The maximum absolute atomic E-state index is 12.4. The molecule has 0 aromatic heterocycles. The Kier molecular flexibility index (Phi) is 1.49. The number of benzene rings is 1. The van der Waals surface area contributed by atoms with Crippen LogP contribution in [-0.4, -0.2) is 10.2 Å². The fraction of sp³-hybridized carbons (Fsp3) is 0.143. The van der Waals surface area contributed by atoms with E-state index in [1.54, 1.807) is 0 Å². The number of hydrogen-bond donors (Lipinski definition) is 2. The van der Waals surface area contributed by atoms with E-state index in [1.807, 2.05) is 0 Å². The summed E-state index contributed by atoms with van der Waals surface area (Å²) in [5.74, 6) is -1.37. The Morgan fingerprint density at radius 3 is 2.40 bits per heavy atom. The van der Waals surface area contributed by atoms with Crippen molar-refractivity contribution < 1.29 is 14.6 Å². The second-order valence-corrected chi connectivity index (χ2v) is 2.09. The van der Waals surface area contributed by atoms with Gasteiger partial charge in [-0.1, -0.05) is 0 Å². The molecule has 0 radical (unpaired) electrons. The number of halogens is 1. The molecule has 2 N–H and O–H groups in total. The van der Waals surface area contributed by atoms with Crippen molar-refractivity contribution in [2.24, 2.45) is 0 Å². The van der Waals surface area contributed by atoms with Crippen molar-refractivity contribution in [2.45, 2.75) is 6.92 Å². The first-order valence-electron chi connectivity index (χ1n) is 2.79. The van der Waals surface area contributed by atoms with Crippen molar-refractivity contribution in [3.63, 3.8) is 0 Å². The summed E-state index contributed by atoms with van der Waals surface area (Å²) < 4.78 is 12.4. The fourth-order valence-corrected chi connectivity index (χ4v) is 0.718. The molecule has 0 saturated heterocycles. The molecule has 0 saturated carbocycles. The summed E-state index contributed by atoms with van der Waals surface area (Å²) in [4.78, 5) is 0. The molecule has 0 bridgehead atoms. The van der Waals surface area contributed by atoms with Crippen molar-refractivity contribution in [2.75, 3.05) is 0 Å². The second-order valence-electron chi connectivity index (χ2n) is 2.09. The van der Waals surface area contributed by atoms with Crippen molar-refractivity contribution in [1.29, 1.82) is 0 Å². The molecule has 3 heteroatoms. The maximum Gasteiger partial charge on any atom is 0.168 e. The molecule has 0 aliphatic rings. The summed E-state index contributed by atoms with van der Waals surface area (Å²) in [6.45, 7) is 1.51. The lowest BCUT2D eigenvalue weighted by Crippen LogP contribution is -1.79. The van der Waals surface area contributed by atoms with Gasteiger partial charge in [-0.2, -0.15) is 0 Å².